The van der Waals surface area contributed by atoms with Gasteiger partial charge in [0.2, 0.25) is 0 Å². The third kappa shape index (κ3) is 6.63. The third-order valence-electron chi connectivity index (χ3n) is 11.1. The van der Waals surface area contributed by atoms with E-state index in [2.05, 4.69) is 159 Å². The van der Waals surface area contributed by atoms with Crippen molar-refractivity contribution < 1.29 is 0 Å². The summed E-state index contributed by atoms with van der Waals surface area (Å²) in [6, 6.07) is 68.9. The van der Waals surface area contributed by atoms with Crippen molar-refractivity contribution in [2.75, 3.05) is 0 Å². The number of nitrogens with zero attached hydrogens (tertiary/aromatic N) is 5. The largest absolute Gasteiger partial charge is 0.252 e. The normalized spacial score (nSPS) is 12.8. The van der Waals surface area contributed by atoms with E-state index in [1.54, 1.807) is 0 Å². The lowest BCUT2D eigenvalue weighted by Gasteiger charge is -2.23. The van der Waals surface area contributed by atoms with Gasteiger partial charge >= 0.3 is 0 Å². The van der Waals surface area contributed by atoms with E-state index < -0.39 is 0 Å². The summed E-state index contributed by atoms with van der Waals surface area (Å²) >= 11 is 0. The minimum atomic E-state index is -0.222. The van der Waals surface area contributed by atoms with Crippen molar-refractivity contribution in [1.82, 2.24) is 19.9 Å². The molecule has 5 heteroatoms. The van der Waals surface area contributed by atoms with Gasteiger partial charge in [0.1, 0.15) is 0 Å². The Hall–Kier alpha value is -7.63. The van der Waals surface area contributed by atoms with Crippen LogP contribution in [-0.4, -0.2) is 25.6 Å². The summed E-state index contributed by atoms with van der Waals surface area (Å²) in [7, 11) is 0. The van der Waals surface area contributed by atoms with Crippen molar-refractivity contribution in [3.05, 3.63) is 211 Å². The molecule has 0 bridgehead atoms. The zero-order valence-electron chi connectivity index (χ0n) is 32.8. The second kappa shape index (κ2) is 15.0. The summed E-state index contributed by atoms with van der Waals surface area (Å²) in [5, 5.41) is 0. The molecule has 0 amide bonds. The lowest BCUT2D eigenvalue weighted by atomic mass is 9.79. The van der Waals surface area contributed by atoms with Crippen LogP contribution in [0.25, 0.3) is 78.9 Å². The van der Waals surface area contributed by atoms with Gasteiger partial charge in [0.15, 0.2) is 11.6 Å². The molecule has 1 aliphatic heterocycles. The maximum absolute atomic E-state index is 5.44. The first-order valence-corrected chi connectivity index (χ1v) is 19.9. The zero-order chi connectivity index (χ0) is 39.8. The van der Waals surface area contributed by atoms with Crippen LogP contribution in [0.3, 0.4) is 0 Å². The predicted octanol–water partition coefficient (Wildman–Crippen LogP) is 13.3. The van der Waals surface area contributed by atoms with Crippen molar-refractivity contribution in [3.8, 4) is 78.9 Å². The fourth-order valence-corrected chi connectivity index (χ4v) is 8.20. The van der Waals surface area contributed by atoms with E-state index >= 15 is 0 Å². The number of para-hydroxylation sites is 1. The second-order valence-corrected chi connectivity index (χ2v) is 15.2. The summed E-state index contributed by atoms with van der Waals surface area (Å²) < 4.78 is 0. The Morgan fingerprint density at radius 1 is 0.305 bits per heavy atom. The molecular weight excluding hydrogens is 719 g/mol. The molecule has 5 nitrogen and oxygen atoms in total. The van der Waals surface area contributed by atoms with Gasteiger partial charge in [-0.15, -0.1) is 0 Å². The number of aliphatic imine (C=N–C) groups is 1. The molecule has 0 saturated heterocycles. The highest BCUT2D eigenvalue weighted by Gasteiger charge is 2.35. The average Bonchev–Trinajstić information content (AvgIpc) is 3.59. The number of hydrogen-bond acceptors (Lipinski definition) is 5. The Morgan fingerprint density at radius 2 is 0.610 bits per heavy atom. The Morgan fingerprint density at radius 3 is 0.983 bits per heavy atom. The van der Waals surface area contributed by atoms with E-state index in [4.69, 9.17) is 24.9 Å². The van der Waals surface area contributed by atoms with Crippen LogP contribution in [0.15, 0.2) is 205 Å². The fraction of sp³-hybridized carbons (Fsp3) is 0.0556. The molecule has 0 fully saturated rings. The molecule has 2 aromatic heterocycles. The number of benzene rings is 7. The number of hydrogen-bond donors (Lipinski definition) is 0. The second-order valence-electron chi connectivity index (χ2n) is 15.2. The molecule has 0 N–H and O–H groups in total. The molecule has 59 heavy (non-hydrogen) atoms. The summed E-state index contributed by atoms with van der Waals surface area (Å²) in [6.45, 7) is 4.50. The third-order valence-corrected chi connectivity index (χ3v) is 11.1. The highest BCUT2D eigenvalue weighted by atomic mass is 15.0. The molecule has 0 saturated carbocycles. The Kier molecular flexibility index (Phi) is 9.11. The summed E-state index contributed by atoms with van der Waals surface area (Å²) in [5.74, 6) is 0.886. The van der Waals surface area contributed by atoms with Crippen LogP contribution in [0, 0.1) is 0 Å². The Balaban J connectivity index is 1.22. The maximum Gasteiger partial charge on any atom is 0.198 e. The van der Waals surface area contributed by atoms with Crippen molar-refractivity contribution in [2.24, 2.45) is 4.99 Å². The van der Waals surface area contributed by atoms with Gasteiger partial charge in [-0.2, -0.15) is 0 Å². The predicted molar refractivity (Wildman–Crippen MR) is 241 cm³/mol. The Labute approximate surface area is 344 Å². The van der Waals surface area contributed by atoms with Gasteiger partial charge in [-0.1, -0.05) is 208 Å². The van der Waals surface area contributed by atoms with E-state index in [0.717, 1.165) is 84.2 Å². The van der Waals surface area contributed by atoms with Crippen LogP contribution in [-0.2, 0) is 5.41 Å². The molecule has 1 aliphatic rings. The van der Waals surface area contributed by atoms with Crippen LogP contribution >= 0.6 is 0 Å². The molecule has 10 rings (SSSR count). The standard InChI is InChI=1S/C54H39N5/c1-54(2)43-30-18-19-31-44(43)55-51(54)42-34-32-37(33-35-42)46-49(40-26-14-6-15-27-40)58-53(59-50(46)41-28-16-7-17-29-41)52-56-47(38-22-10-4-11-23-38)45(36-20-8-3-9-21-36)48(57-52)39-24-12-5-13-25-39/h3-35H,1-2H3. The van der Waals surface area contributed by atoms with Gasteiger partial charge in [-0.3, -0.25) is 4.99 Å². The van der Waals surface area contributed by atoms with Gasteiger partial charge < -0.3 is 0 Å². The number of aromatic nitrogens is 4. The SMILES string of the molecule is CC1(C)C(c2ccc(-c3c(-c4ccccc4)nc(-c4nc(-c5ccccc5)c(-c5ccccc5)c(-c5ccccc5)n4)nc3-c3ccccc3)cc2)=Nc2ccccc21. The Bertz CT molecular complexity index is 2840. The molecular formula is C54H39N5. The molecule has 0 atom stereocenters. The maximum atomic E-state index is 5.44. The lowest BCUT2D eigenvalue weighted by molar-refractivity contribution is 0.737. The molecule has 0 unspecified atom stereocenters. The summed E-state index contributed by atoms with van der Waals surface area (Å²) in [6.07, 6.45) is 0. The van der Waals surface area contributed by atoms with Crippen molar-refractivity contribution in [1.29, 1.82) is 0 Å². The van der Waals surface area contributed by atoms with Gasteiger partial charge in [0, 0.05) is 38.8 Å². The molecule has 7 aromatic carbocycles. The average molecular weight is 758 g/mol. The van der Waals surface area contributed by atoms with Gasteiger partial charge in [0.25, 0.3) is 0 Å². The van der Waals surface area contributed by atoms with Crippen LogP contribution in [0.4, 0.5) is 5.69 Å². The van der Waals surface area contributed by atoms with E-state index in [1.807, 2.05) is 54.6 Å². The summed E-state index contributed by atoms with van der Waals surface area (Å²) in [4.78, 5) is 26.8. The highest BCUT2D eigenvalue weighted by Crippen LogP contribution is 2.44. The molecule has 0 radical (unpaired) electrons. The van der Waals surface area contributed by atoms with Gasteiger partial charge in [-0.05, 0) is 28.3 Å². The van der Waals surface area contributed by atoms with Crippen LogP contribution in [0.2, 0.25) is 0 Å². The fourth-order valence-electron chi connectivity index (χ4n) is 8.20. The first-order valence-electron chi connectivity index (χ1n) is 19.9. The lowest BCUT2D eigenvalue weighted by Crippen LogP contribution is -2.26. The number of fused-ring (bicyclic) bond motifs is 1. The zero-order valence-corrected chi connectivity index (χ0v) is 32.8. The monoisotopic (exact) mass is 757 g/mol. The van der Waals surface area contributed by atoms with Crippen molar-refractivity contribution >= 4 is 11.4 Å². The van der Waals surface area contributed by atoms with Crippen LogP contribution in [0.5, 0.6) is 0 Å². The molecule has 280 valence electrons. The van der Waals surface area contributed by atoms with Crippen LogP contribution in [0.1, 0.15) is 25.0 Å². The number of rotatable bonds is 8. The van der Waals surface area contributed by atoms with E-state index in [9.17, 15) is 0 Å². The van der Waals surface area contributed by atoms with Crippen molar-refractivity contribution in [3.63, 3.8) is 0 Å². The molecule has 0 spiro atoms. The quantitative estimate of drug-likeness (QED) is 0.155. The molecule has 3 heterocycles. The summed E-state index contributed by atoms with van der Waals surface area (Å²) in [5.41, 5.74) is 15.2. The van der Waals surface area contributed by atoms with Gasteiger partial charge in [-0.25, -0.2) is 19.9 Å². The van der Waals surface area contributed by atoms with Crippen LogP contribution < -0.4 is 0 Å². The van der Waals surface area contributed by atoms with Gasteiger partial charge in [0.05, 0.1) is 34.2 Å². The smallest absolute Gasteiger partial charge is 0.198 e. The van der Waals surface area contributed by atoms with E-state index in [0.29, 0.717) is 11.6 Å². The van der Waals surface area contributed by atoms with E-state index in [-0.39, 0.29) is 5.41 Å². The topological polar surface area (TPSA) is 63.9 Å². The van der Waals surface area contributed by atoms with Crippen molar-refractivity contribution in [2.45, 2.75) is 19.3 Å². The van der Waals surface area contributed by atoms with E-state index in [1.165, 1.54) is 5.56 Å². The first-order chi connectivity index (χ1) is 29.0. The first kappa shape index (κ1) is 35.8. The molecule has 0 aliphatic carbocycles. The molecule has 9 aromatic rings. The minimum absolute atomic E-state index is 0.222. The minimum Gasteiger partial charge on any atom is -0.252 e. The highest BCUT2D eigenvalue weighted by molar-refractivity contribution is 6.12.